The van der Waals surface area contributed by atoms with Crippen LogP contribution in [0.5, 0.6) is 5.75 Å². The van der Waals surface area contributed by atoms with Crippen molar-refractivity contribution >= 4 is 16.9 Å². The highest BCUT2D eigenvalue weighted by Gasteiger charge is 2.17. The summed E-state index contributed by atoms with van der Waals surface area (Å²) in [7, 11) is 1.89. The van der Waals surface area contributed by atoms with Crippen molar-refractivity contribution < 1.29 is 5.11 Å². The zero-order chi connectivity index (χ0) is 17.3. The van der Waals surface area contributed by atoms with Gasteiger partial charge in [-0.3, -0.25) is 4.68 Å². The average Bonchev–Trinajstić information content (AvgIpc) is 2.95. The van der Waals surface area contributed by atoms with E-state index < -0.39 is 0 Å². The molecular weight excluding hydrogens is 302 g/mol. The number of phenolic OH excluding ortho intramolecular Hbond substituents is 1. The molecule has 0 spiro atoms. The molecule has 2 N–H and O–H groups in total. The lowest BCUT2D eigenvalue weighted by Gasteiger charge is -2.19. The number of fused-ring (bicyclic) bond motifs is 1. The maximum atomic E-state index is 9.49. The second-order valence-electron chi connectivity index (χ2n) is 6.29. The summed E-state index contributed by atoms with van der Waals surface area (Å²) in [6.07, 6.45) is 2.69. The maximum absolute atomic E-state index is 9.49. The number of aryl methyl sites for hydroxylation is 1. The Balaban J connectivity index is 2.02. The number of benzene rings is 1. The third-order valence-corrected chi connectivity index (χ3v) is 4.14. The zero-order valence-electron chi connectivity index (χ0n) is 14.5. The van der Waals surface area contributed by atoms with E-state index in [1.165, 1.54) is 0 Å². The first kappa shape index (κ1) is 16.2. The van der Waals surface area contributed by atoms with E-state index in [4.69, 9.17) is 4.98 Å². The SMILES string of the molecule is CC[C@@H](Nc1nc(C(C)C)nc2c1cnn2C)c1ccc(O)cc1. The van der Waals surface area contributed by atoms with Gasteiger partial charge in [0, 0.05) is 13.0 Å². The van der Waals surface area contributed by atoms with Crippen LogP contribution in [0.1, 0.15) is 50.5 Å². The monoisotopic (exact) mass is 325 g/mol. The molecule has 0 fully saturated rings. The average molecular weight is 325 g/mol. The minimum absolute atomic E-state index is 0.101. The first-order valence-electron chi connectivity index (χ1n) is 8.24. The third kappa shape index (κ3) is 3.04. The highest BCUT2D eigenvalue weighted by molar-refractivity contribution is 5.86. The molecule has 3 rings (SSSR count). The summed E-state index contributed by atoms with van der Waals surface area (Å²) in [4.78, 5) is 9.35. The Labute approximate surface area is 141 Å². The van der Waals surface area contributed by atoms with E-state index in [-0.39, 0.29) is 17.7 Å². The molecule has 0 aliphatic rings. The van der Waals surface area contributed by atoms with Gasteiger partial charge >= 0.3 is 0 Å². The molecule has 0 aliphatic carbocycles. The van der Waals surface area contributed by atoms with Gasteiger partial charge in [0.1, 0.15) is 17.4 Å². The van der Waals surface area contributed by atoms with Gasteiger partial charge < -0.3 is 10.4 Å². The van der Waals surface area contributed by atoms with Crippen LogP contribution in [0.25, 0.3) is 11.0 Å². The molecule has 3 aromatic rings. The van der Waals surface area contributed by atoms with E-state index >= 15 is 0 Å². The van der Waals surface area contributed by atoms with Crippen LogP contribution in [0.3, 0.4) is 0 Å². The van der Waals surface area contributed by atoms with E-state index in [0.717, 1.165) is 34.7 Å². The highest BCUT2D eigenvalue weighted by atomic mass is 16.3. The number of nitrogens with zero attached hydrogens (tertiary/aromatic N) is 4. The number of aromatic nitrogens is 4. The molecule has 0 amide bonds. The van der Waals surface area contributed by atoms with Gasteiger partial charge in [-0.05, 0) is 24.1 Å². The van der Waals surface area contributed by atoms with Gasteiger partial charge in [0.05, 0.1) is 17.6 Å². The fourth-order valence-corrected chi connectivity index (χ4v) is 2.70. The number of nitrogens with one attached hydrogen (secondary N) is 1. The summed E-state index contributed by atoms with van der Waals surface area (Å²) in [5.74, 6) is 2.11. The third-order valence-electron chi connectivity index (χ3n) is 4.14. The Kier molecular flexibility index (Phi) is 4.38. The molecule has 0 unspecified atom stereocenters. The molecule has 2 aromatic heterocycles. The fraction of sp³-hybridized carbons (Fsp3) is 0.389. The molecule has 6 heteroatoms. The molecule has 0 radical (unpaired) electrons. The number of rotatable bonds is 5. The Bertz CT molecular complexity index is 838. The Morgan fingerprint density at radius 1 is 1.17 bits per heavy atom. The predicted molar refractivity (Wildman–Crippen MR) is 95.2 cm³/mol. The molecule has 2 heterocycles. The molecule has 1 atom stereocenters. The minimum Gasteiger partial charge on any atom is -0.508 e. The molecule has 126 valence electrons. The highest BCUT2D eigenvalue weighted by Crippen LogP contribution is 2.28. The van der Waals surface area contributed by atoms with Crippen molar-refractivity contribution in [3.05, 3.63) is 41.9 Å². The van der Waals surface area contributed by atoms with E-state index in [0.29, 0.717) is 0 Å². The Morgan fingerprint density at radius 3 is 2.50 bits per heavy atom. The van der Waals surface area contributed by atoms with Gasteiger partial charge in [-0.25, -0.2) is 9.97 Å². The van der Waals surface area contributed by atoms with Crippen molar-refractivity contribution in [2.45, 2.75) is 39.2 Å². The molecule has 0 bridgehead atoms. The second-order valence-corrected chi connectivity index (χ2v) is 6.29. The summed E-state index contributed by atoms with van der Waals surface area (Å²) in [6, 6.07) is 7.38. The molecule has 6 nitrogen and oxygen atoms in total. The standard InChI is InChI=1S/C18H23N5O/c1-5-15(12-6-8-13(24)9-7-12)20-17-14-10-19-23(4)18(14)22-16(21-17)11(2)3/h6-11,15,24H,5H2,1-4H3,(H,20,21,22)/t15-/m1/s1. The van der Waals surface area contributed by atoms with Crippen LogP contribution in [0.2, 0.25) is 0 Å². The van der Waals surface area contributed by atoms with Crippen LogP contribution in [0.15, 0.2) is 30.5 Å². The summed E-state index contributed by atoms with van der Waals surface area (Å²) in [5.41, 5.74) is 1.94. The van der Waals surface area contributed by atoms with Gasteiger partial charge in [-0.1, -0.05) is 32.9 Å². The molecule has 0 saturated heterocycles. The molecule has 0 aliphatic heterocycles. The van der Waals surface area contributed by atoms with Crippen molar-refractivity contribution in [1.82, 2.24) is 19.7 Å². The Morgan fingerprint density at radius 2 is 1.88 bits per heavy atom. The van der Waals surface area contributed by atoms with Crippen LogP contribution < -0.4 is 5.32 Å². The van der Waals surface area contributed by atoms with Crippen molar-refractivity contribution in [1.29, 1.82) is 0 Å². The molecule has 1 aromatic carbocycles. The Hall–Kier alpha value is -2.63. The lowest BCUT2D eigenvalue weighted by Crippen LogP contribution is -2.13. The van der Waals surface area contributed by atoms with Gasteiger partial charge in [0.25, 0.3) is 0 Å². The van der Waals surface area contributed by atoms with Gasteiger partial charge in [-0.15, -0.1) is 0 Å². The van der Waals surface area contributed by atoms with E-state index in [1.807, 2.05) is 19.2 Å². The largest absolute Gasteiger partial charge is 0.508 e. The van der Waals surface area contributed by atoms with E-state index in [9.17, 15) is 5.11 Å². The molecule has 24 heavy (non-hydrogen) atoms. The van der Waals surface area contributed by atoms with Gasteiger partial charge in [-0.2, -0.15) is 5.10 Å². The summed E-state index contributed by atoms with van der Waals surface area (Å²) >= 11 is 0. The summed E-state index contributed by atoms with van der Waals surface area (Å²) < 4.78 is 1.77. The number of hydrogen-bond donors (Lipinski definition) is 2. The number of anilines is 1. The van der Waals surface area contributed by atoms with E-state index in [1.54, 1.807) is 23.0 Å². The van der Waals surface area contributed by atoms with Gasteiger partial charge in [0.2, 0.25) is 0 Å². The van der Waals surface area contributed by atoms with Crippen molar-refractivity contribution in [3.8, 4) is 5.75 Å². The number of hydrogen-bond acceptors (Lipinski definition) is 5. The molecule has 0 saturated carbocycles. The predicted octanol–water partition coefficient (Wildman–Crippen LogP) is 3.76. The normalized spacial score (nSPS) is 12.7. The number of phenols is 1. The number of aromatic hydroxyl groups is 1. The lowest BCUT2D eigenvalue weighted by molar-refractivity contribution is 0.475. The van der Waals surface area contributed by atoms with Crippen molar-refractivity contribution in [3.63, 3.8) is 0 Å². The van der Waals surface area contributed by atoms with Crippen LogP contribution in [0.4, 0.5) is 5.82 Å². The van der Waals surface area contributed by atoms with Crippen LogP contribution in [0, 0.1) is 0 Å². The first-order valence-corrected chi connectivity index (χ1v) is 8.24. The van der Waals surface area contributed by atoms with Crippen LogP contribution in [-0.4, -0.2) is 24.9 Å². The van der Waals surface area contributed by atoms with Gasteiger partial charge in [0.15, 0.2) is 5.65 Å². The summed E-state index contributed by atoms with van der Waals surface area (Å²) in [5, 5.41) is 18.3. The zero-order valence-corrected chi connectivity index (χ0v) is 14.5. The van der Waals surface area contributed by atoms with Crippen molar-refractivity contribution in [2.75, 3.05) is 5.32 Å². The summed E-state index contributed by atoms with van der Waals surface area (Å²) in [6.45, 7) is 6.28. The fourth-order valence-electron chi connectivity index (χ4n) is 2.70. The second kappa shape index (κ2) is 6.47. The van der Waals surface area contributed by atoms with Crippen molar-refractivity contribution in [2.24, 2.45) is 7.05 Å². The maximum Gasteiger partial charge on any atom is 0.163 e. The van der Waals surface area contributed by atoms with Crippen LogP contribution >= 0.6 is 0 Å². The first-order chi connectivity index (χ1) is 11.5. The van der Waals surface area contributed by atoms with Crippen LogP contribution in [-0.2, 0) is 7.05 Å². The molecular formula is C18H23N5O. The lowest BCUT2D eigenvalue weighted by atomic mass is 10.0. The minimum atomic E-state index is 0.101. The smallest absolute Gasteiger partial charge is 0.163 e. The quantitative estimate of drug-likeness (QED) is 0.747. The topological polar surface area (TPSA) is 75.9 Å². The van der Waals surface area contributed by atoms with E-state index in [2.05, 4.69) is 36.2 Å².